The second kappa shape index (κ2) is 4.14. The van der Waals surface area contributed by atoms with E-state index in [4.69, 9.17) is 15.2 Å². The van der Waals surface area contributed by atoms with Crippen molar-refractivity contribution in [2.75, 3.05) is 13.2 Å². The molecule has 5 heteroatoms. The lowest BCUT2D eigenvalue weighted by Gasteiger charge is -2.25. The van der Waals surface area contributed by atoms with E-state index in [0.29, 0.717) is 30.3 Å². The van der Waals surface area contributed by atoms with E-state index < -0.39 is 12.0 Å². The van der Waals surface area contributed by atoms with E-state index in [1.807, 2.05) is 0 Å². The first-order valence-corrected chi connectivity index (χ1v) is 5.47. The minimum Gasteiger partial charge on any atom is -0.486 e. The number of rotatable bonds is 2. The maximum atomic E-state index is 13.9. The van der Waals surface area contributed by atoms with Crippen LogP contribution in [-0.4, -0.2) is 19.3 Å². The van der Waals surface area contributed by atoms with E-state index in [2.05, 4.69) is 0 Å². The van der Waals surface area contributed by atoms with Crippen LogP contribution >= 0.6 is 0 Å². The maximum absolute atomic E-state index is 13.9. The SMILES string of the molecule is Cc1cc2c(cc1C(F)(F)C(C)N)OCCO2. The molecule has 0 saturated heterocycles. The minimum atomic E-state index is -3.07. The zero-order valence-electron chi connectivity index (χ0n) is 9.80. The molecule has 0 bridgehead atoms. The molecular formula is C12H15F2NO2. The highest BCUT2D eigenvalue weighted by atomic mass is 19.3. The van der Waals surface area contributed by atoms with Gasteiger partial charge in [-0.15, -0.1) is 0 Å². The van der Waals surface area contributed by atoms with Gasteiger partial charge in [0.2, 0.25) is 0 Å². The fourth-order valence-electron chi connectivity index (χ4n) is 1.79. The normalized spacial score (nSPS) is 16.8. The summed E-state index contributed by atoms with van der Waals surface area (Å²) in [6.45, 7) is 3.72. The highest BCUT2D eigenvalue weighted by Gasteiger charge is 2.38. The third-order valence-electron chi connectivity index (χ3n) is 2.82. The number of nitrogens with two attached hydrogens (primary N) is 1. The van der Waals surface area contributed by atoms with E-state index in [0.717, 1.165) is 0 Å². The van der Waals surface area contributed by atoms with Crippen LogP contribution in [0.15, 0.2) is 12.1 Å². The molecule has 3 nitrogen and oxygen atoms in total. The number of ether oxygens (including phenoxy) is 2. The highest BCUT2D eigenvalue weighted by Crippen LogP contribution is 2.40. The van der Waals surface area contributed by atoms with Crippen LogP contribution < -0.4 is 15.2 Å². The van der Waals surface area contributed by atoms with Crippen molar-refractivity contribution in [1.29, 1.82) is 0 Å². The van der Waals surface area contributed by atoms with Gasteiger partial charge in [0.25, 0.3) is 5.92 Å². The van der Waals surface area contributed by atoms with Gasteiger partial charge in [-0.25, -0.2) is 0 Å². The molecule has 1 aliphatic rings. The second-order valence-electron chi connectivity index (χ2n) is 4.22. The number of alkyl halides is 2. The molecule has 2 N–H and O–H groups in total. The Bertz CT molecular complexity index is 433. The zero-order chi connectivity index (χ0) is 12.6. The summed E-state index contributed by atoms with van der Waals surface area (Å²) in [6.07, 6.45) is 0. The Morgan fingerprint density at radius 1 is 1.24 bits per heavy atom. The lowest BCUT2D eigenvalue weighted by molar-refractivity contribution is -0.0266. The fraction of sp³-hybridized carbons (Fsp3) is 0.500. The number of hydrogen-bond donors (Lipinski definition) is 1. The molecule has 0 spiro atoms. The maximum Gasteiger partial charge on any atom is 0.288 e. The van der Waals surface area contributed by atoms with Crippen molar-refractivity contribution in [1.82, 2.24) is 0 Å². The van der Waals surface area contributed by atoms with Crippen molar-refractivity contribution in [3.8, 4) is 11.5 Å². The largest absolute Gasteiger partial charge is 0.486 e. The summed E-state index contributed by atoms with van der Waals surface area (Å²) in [5.74, 6) is -2.20. The van der Waals surface area contributed by atoms with Crippen molar-refractivity contribution >= 4 is 0 Å². The van der Waals surface area contributed by atoms with Crippen molar-refractivity contribution in [2.24, 2.45) is 5.73 Å². The lowest BCUT2D eigenvalue weighted by atomic mass is 9.97. The third-order valence-corrected chi connectivity index (χ3v) is 2.82. The molecule has 1 unspecified atom stereocenters. The molecule has 2 rings (SSSR count). The van der Waals surface area contributed by atoms with E-state index in [1.54, 1.807) is 13.0 Å². The molecule has 94 valence electrons. The van der Waals surface area contributed by atoms with Crippen LogP contribution in [0, 0.1) is 6.92 Å². The zero-order valence-corrected chi connectivity index (χ0v) is 9.80. The predicted molar refractivity (Wildman–Crippen MR) is 59.7 cm³/mol. The van der Waals surface area contributed by atoms with Gasteiger partial charge in [-0.3, -0.25) is 0 Å². The summed E-state index contributed by atoms with van der Waals surface area (Å²) < 4.78 is 38.4. The Kier molecular flexibility index (Phi) is 2.95. The summed E-state index contributed by atoms with van der Waals surface area (Å²) >= 11 is 0. The number of hydrogen-bond acceptors (Lipinski definition) is 3. The van der Waals surface area contributed by atoms with E-state index in [-0.39, 0.29) is 5.56 Å². The summed E-state index contributed by atoms with van der Waals surface area (Å²) in [4.78, 5) is 0. The van der Waals surface area contributed by atoms with Crippen LogP contribution in [0.4, 0.5) is 8.78 Å². The summed E-state index contributed by atoms with van der Waals surface area (Å²) in [5, 5.41) is 0. The molecule has 17 heavy (non-hydrogen) atoms. The van der Waals surface area contributed by atoms with Crippen LogP contribution in [0.1, 0.15) is 18.1 Å². The van der Waals surface area contributed by atoms with Crippen molar-refractivity contribution in [3.63, 3.8) is 0 Å². The summed E-state index contributed by atoms with van der Waals surface area (Å²) in [7, 11) is 0. The molecule has 0 radical (unpaired) electrons. The van der Waals surface area contributed by atoms with Gasteiger partial charge in [0.15, 0.2) is 11.5 Å². The van der Waals surface area contributed by atoms with Gasteiger partial charge in [0.05, 0.1) is 6.04 Å². The fourth-order valence-corrected chi connectivity index (χ4v) is 1.79. The van der Waals surface area contributed by atoms with Crippen LogP contribution in [0.5, 0.6) is 11.5 Å². The van der Waals surface area contributed by atoms with Crippen LogP contribution in [0.3, 0.4) is 0 Å². The molecule has 0 aliphatic carbocycles. The number of benzene rings is 1. The van der Waals surface area contributed by atoms with Gasteiger partial charge in [0.1, 0.15) is 13.2 Å². The van der Waals surface area contributed by atoms with Crippen molar-refractivity contribution in [3.05, 3.63) is 23.3 Å². The predicted octanol–water partition coefficient (Wildman–Crippen LogP) is 2.21. The Balaban J connectivity index is 2.48. The highest BCUT2D eigenvalue weighted by molar-refractivity contribution is 5.49. The van der Waals surface area contributed by atoms with Crippen LogP contribution in [0.25, 0.3) is 0 Å². The van der Waals surface area contributed by atoms with Crippen LogP contribution in [-0.2, 0) is 5.92 Å². The molecule has 1 aromatic rings. The molecule has 0 amide bonds. The molecule has 0 fully saturated rings. The average molecular weight is 243 g/mol. The second-order valence-corrected chi connectivity index (χ2v) is 4.22. The molecule has 1 aromatic carbocycles. The van der Waals surface area contributed by atoms with E-state index in [1.165, 1.54) is 13.0 Å². The van der Waals surface area contributed by atoms with Gasteiger partial charge in [-0.2, -0.15) is 8.78 Å². The summed E-state index contributed by atoms with van der Waals surface area (Å²) in [6, 6.07) is 1.65. The first-order chi connectivity index (χ1) is 7.93. The van der Waals surface area contributed by atoms with Crippen molar-refractivity contribution in [2.45, 2.75) is 25.8 Å². The molecule has 0 saturated carbocycles. The number of halogens is 2. The lowest BCUT2D eigenvalue weighted by Crippen LogP contribution is -2.36. The van der Waals surface area contributed by atoms with Gasteiger partial charge in [0, 0.05) is 5.56 Å². The average Bonchev–Trinajstić information content (AvgIpc) is 2.27. The van der Waals surface area contributed by atoms with Crippen LogP contribution in [0.2, 0.25) is 0 Å². The standard InChI is InChI=1S/C12H15F2NO2/c1-7-5-10-11(17-4-3-16-10)6-9(7)12(13,14)8(2)15/h5-6,8H,3-4,15H2,1-2H3. The Hall–Kier alpha value is -1.36. The van der Waals surface area contributed by atoms with E-state index in [9.17, 15) is 8.78 Å². The third kappa shape index (κ3) is 2.07. The Morgan fingerprint density at radius 2 is 1.76 bits per heavy atom. The van der Waals surface area contributed by atoms with Gasteiger partial charge in [-0.1, -0.05) is 0 Å². The topological polar surface area (TPSA) is 44.5 Å². The van der Waals surface area contributed by atoms with E-state index >= 15 is 0 Å². The first-order valence-electron chi connectivity index (χ1n) is 5.47. The Labute approximate surface area is 98.5 Å². The van der Waals surface area contributed by atoms with Gasteiger partial charge in [-0.05, 0) is 31.5 Å². The molecule has 1 atom stereocenters. The molecule has 1 heterocycles. The minimum absolute atomic E-state index is 0.100. The molecule has 1 aliphatic heterocycles. The smallest absolute Gasteiger partial charge is 0.288 e. The molecule has 0 aromatic heterocycles. The summed E-state index contributed by atoms with van der Waals surface area (Å²) in [5.41, 5.74) is 5.68. The molecular weight excluding hydrogens is 228 g/mol. The quantitative estimate of drug-likeness (QED) is 0.866. The van der Waals surface area contributed by atoms with Gasteiger partial charge >= 0.3 is 0 Å². The Morgan fingerprint density at radius 3 is 2.29 bits per heavy atom. The first kappa shape index (κ1) is 12.1. The monoisotopic (exact) mass is 243 g/mol. The number of aryl methyl sites for hydroxylation is 1. The van der Waals surface area contributed by atoms with Gasteiger partial charge < -0.3 is 15.2 Å². The number of fused-ring (bicyclic) bond motifs is 1. The van der Waals surface area contributed by atoms with Crippen molar-refractivity contribution < 1.29 is 18.3 Å².